The first-order valence-electron chi connectivity index (χ1n) is 8.13. The van der Waals surface area contributed by atoms with E-state index in [1.54, 1.807) is 6.20 Å². The number of pyridine rings is 1. The van der Waals surface area contributed by atoms with Gasteiger partial charge in [-0.1, -0.05) is 30.3 Å². The zero-order chi connectivity index (χ0) is 17.6. The minimum Gasteiger partial charge on any atom is -0.373 e. The highest BCUT2D eigenvalue weighted by molar-refractivity contribution is 5.62. The van der Waals surface area contributed by atoms with Crippen LogP contribution >= 0.6 is 0 Å². The average molecular weight is 335 g/mol. The van der Waals surface area contributed by atoms with Gasteiger partial charge in [0.25, 0.3) is 0 Å². The second kappa shape index (κ2) is 7.57. The number of hydrogen-bond donors (Lipinski definition) is 3. The summed E-state index contributed by atoms with van der Waals surface area (Å²) in [5.74, 6) is 2.39. The van der Waals surface area contributed by atoms with E-state index in [-0.39, 0.29) is 6.04 Å². The summed E-state index contributed by atoms with van der Waals surface area (Å²) in [5, 5.41) is 9.47. The second-order valence-electron chi connectivity index (χ2n) is 5.78. The molecule has 0 aliphatic heterocycles. The van der Waals surface area contributed by atoms with Gasteiger partial charge < -0.3 is 16.0 Å². The number of hydrogen-bond acceptors (Lipinski definition) is 7. The first kappa shape index (κ1) is 16.6. The quantitative estimate of drug-likeness (QED) is 0.635. The molecule has 3 rings (SSSR count). The van der Waals surface area contributed by atoms with E-state index in [1.165, 1.54) is 0 Å². The SMILES string of the molecule is CNc1cc(Nc2nc(NC(C)C)nc(-c3ccccc3)n2)ccn1. The van der Waals surface area contributed by atoms with E-state index in [1.807, 2.05) is 63.4 Å². The number of rotatable bonds is 6. The Hall–Kier alpha value is -3.22. The molecule has 0 fully saturated rings. The lowest BCUT2D eigenvalue weighted by Crippen LogP contribution is -2.14. The summed E-state index contributed by atoms with van der Waals surface area (Å²) in [6.07, 6.45) is 1.72. The minimum absolute atomic E-state index is 0.218. The molecule has 0 spiro atoms. The van der Waals surface area contributed by atoms with Crippen molar-refractivity contribution in [3.05, 3.63) is 48.7 Å². The molecule has 0 saturated carbocycles. The lowest BCUT2D eigenvalue weighted by Gasteiger charge is -2.12. The van der Waals surface area contributed by atoms with E-state index in [0.29, 0.717) is 17.7 Å². The molecule has 128 valence electrons. The van der Waals surface area contributed by atoms with Crippen LogP contribution in [0.4, 0.5) is 23.4 Å². The van der Waals surface area contributed by atoms with Gasteiger partial charge in [-0.15, -0.1) is 0 Å². The van der Waals surface area contributed by atoms with Crippen LogP contribution in [0.25, 0.3) is 11.4 Å². The van der Waals surface area contributed by atoms with Crippen LogP contribution in [0.5, 0.6) is 0 Å². The van der Waals surface area contributed by atoms with E-state index >= 15 is 0 Å². The van der Waals surface area contributed by atoms with Gasteiger partial charge in [0.2, 0.25) is 11.9 Å². The molecule has 25 heavy (non-hydrogen) atoms. The number of nitrogens with zero attached hydrogens (tertiary/aromatic N) is 4. The summed E-state index contributed by atoms with van der Waals surface area (Å²) >= 11 is 0. The molecule has 0 aliphatic carbocycles. The van der Waals surface area contributed by atoms with Crippen LogP contribution in [0.3, 0.4) is 0 Å². The van der Waals surface area contributed by atoms with E-state index < -0.39 is 0 Å². The number of nitrogens with one attached hydrogen (secondary N) is 3. The predicted molar refractivity (Wildman–Crippen MR) is 101 cm³/mol. The number of benzene rings is 1. The summed E-state index contributed by atoms with van der Waals surface area (Å²) in [5.41, 5.74) is 1.78. The van der Waals surface area contributed by atoms with Crippen molar-refractivity contribution in [1.82, 2.24) is 19.9 Å². The zero-order valence-electron chi connectivity index (χ0n) is 14.5. The molecule has 0 saturated heterocycles. The Labute approximate surface area is 147 Å². The minimum atomic E-state index is 0.218. The van der Waals surface area contributed by atoms with E-state index in [4.69, 9.17) is 0 Å². The Morgan fingerprint density at radius 2 is 1.68 bits per heavy atom. The lowest BCUT2D eigenvalue weighted by molar-refractivity contribution is 0.869. The predicted octanol–water partition coefficient (Wildman–Crippen LogP) is 3.54. The van der Waals surface area contributed by atoms with Crippen molar-refractivity contribution in [2.24, 2.45) is 0 Å². The smallest absolute Gasteiger partial charge is 0.232 e. The van der Waals surface area contributed by atoms with Gasteiger partial charge in [0, 0.05) is 36.6 Å². The molecule has 2 heterocycles. The first-order chi connectivity index (χ1) is 12.1. The van der Waals surface area contributed by atoms with Gasteiger partial charge in [0.1, 0.15) is 5.82 Å². The highest BCUT2D eigenvalue weighted by Crippen LogP contribution is 2.21. The molecular formula is C18H21N7. The van der Waals surface area contributed by atoms with Crippen LogP contribution in [-0.2, 0) is 0 Å². The van der Waals surface area contributed by atoms with Gasteiger partial charge in [-0.05, 0) is 19.9 Å². The summed E-state index contributed by atoms with van der Waals surface area (Å²) in [6.45, 7) is 4.09. The third-order valence-electron chi connectivity index (χ3n) is 3.36. The molecule has 0 amide bonds. The molecule has 3 N–H and O–H groups in total. The normalized spacial score (nSPS) is 10.6. The van der Waals surface area contributed by atoms with E-state index in [2.05, 4.69) is 35.9 Å². The van der Waals surface area contributed by atoms with Gasteiger partial charge in [-0.2, -0.15) is 15.0 Å². The molecule has 0 bridgehead atoms. The fourth-order valence-corrected chi connectivity index (χ4v) is 2.25. The molecule has 0 atom stereocenters. The molecule has 0 aliphatic rings. The molecule has 2 aromatic heterocycles. The largest absolute Gasteiger partial charge is 0.373 e. The summed E-state index contributed by atoms with van der Waals surface area (Å²) in [6, 6.07) is 13.8. The molecule has 7 nitrogen and oxygen atoms in total. The van der Waals surface area contributed by atoms with Crippen molar-refractivity contribution >= 4 is 23.4 Å². The maximum atomic E-state index is 4.55. The van der Waals surface area contributed by atoms with Gasteiger partial charge in [-0.25, -0.2) is 4.98 Å². The molecule has 7 heteroatoms. The molecule has 0 unspecified atom stereocenters. The molecule has 3 aromatic rings. The third kappa shape index (κ3) is 4.41. The van der Waals surface area contributed by atoms with Crippen molar-refractivity contribution in [2.75, 3.05) is 23.0 Å². The van der Waals surface area contributed by atoms with Gasteiger partial charge in [0.15, 0.2) is 5.82 Å². The molecular weight excluding hydrogens is 314 g/mol. The Morgan fingerprint density at radius 3 is 2.40 bits per heavy atom. The third-order valence-corrected chi connectivity index (χ3v) is 3.36. The van der Waals surface area contributed by atoms with E-state index in [0.717, 1.165) is 17.1 Å². The van der Waals surface area contributed by atoms with Crippen LogP contribution in [-0.4, -0.2) is 33.0 Å². The van der Waals surface area contributed by atoms with Gasteiger partial charge >= 0.3 is 0 Å². The summed E-state index contributed by atoms with van der Waals surface area (Å²) in [7, 11) is 1.83. The Kier molecular flexibility index (Phi) is 5.03. The highest BCUT2D eigenvalue weighted by Gasteiger charge is 2.10. The van der Waals surface area contributed by atoms with Crippen molar-refractivity contribution < 1.29 is 0 Å². The lowest BCUT2D eigenvalue weighted by atomic mass is 10.2. The Morgan fingerprint density at radius 1 is 0.920 bits per heavy atom. The highest BCUT2D eigenvalue weighted by atomic mass is 15.2. The summed E-state index contributed by atoms with van der Waals surface area (Å²) < 4.78 is 0. The molecule has 0 radical (unpaired) electrons. The fraction of sp³-hybridized carbons (Fsp3) is 0.222. The van der Waals surface area contributed by atoms with Gasteiger partial charge in [0.05, 0.1) is 0 Å². The Balaban J connectivity index is 1.96. The number of aromatic nitrogens is 4. The van der Waals surface area contributed by atoms with Crippen LogP contribution in [0.2, 0.25) is 0 Å². The van der Waals surface area contributed by atoms with Gasteiger partial charge in [-0.3, -0.25) is 0 Å². The summed E-state index contributed by atoms with van der Waals surface area (Å²) in [4.78, 5) is 17.7. The van der Waals surface area contributed by atoms with E-state index in [9.17, 15) is 0 Å². The maximum Gasteiger partial charge on any atom is 0.232 e. The van der Waals surface area contributed by atoms with Crippen molar-refractivity contribution in [1.29, 1.82) is 0 Å². The Bertz CT molecular complexity index is 834. The zero-order valence-corrected chi connectivity index (χ0v) is 14.5. The van der Waals surface area contributed by atoms with Crippen molar-refractivity contribution in [3.8, 4) is 11.4 Å². The van der Waals surface area contributed by atoms with Crippen LogP contribution in [0, 0.1) is 0 Å². The average Bonchev–Trinajstić information content (AvgIpc) is 2.62. The van der Waals surface area contributed by atoms with Crippen molar-refractivity contribution in [2.45, 2.75) is 19.9 Å². The number of anilines is 4. The fourth-order valence-electron chi connectivity index (χ4n) is 2.25. The van der Waals surface area contributed by atoms with Crippen LogP contribution < -0.4 is 16.0 Å². The molecule has 1 aromatic carbocycles. The maximum absolute atomic E-state index is 4.55. The monoisotopic (exact) mass is 335 g/mol. The van der Waals surface area contributed by atoms with Crippen LogP contribution in [0.1, 0.15) is 13.8 Å². The van der Waals surface area contributed by atoms with Crippen LogP contribution in [0.15, 0.2) is 48.7 Å². The second-order valence-corrected chi connectivity index (χ2v) is 5.78. The van der Waals surface area contributed by atoms with Crippen molar-refractivity contribution in [3.63, 3.8) is 0 Å². The first-order valence-corrected chi connectivity index (χ1v) is 8.13. The standard InChI is InChI=1S/C18H21N7/c1-12(2)21-17-23-16(13-7-5-4-6-8-13)24-18(25-17)22-14-9-10-20-15(11-14)19-3/h4-12H,1-3H3,(H3,19,20,21,22,23,24,25). The topological polar surface area (TPSA) is 87.7 Å².